The SMILES string of the molecule is C=CC(=O)N1CC2(CCN(c3nc(OC4CC(N5CC6(CC6)C5)C4)nc4c(OCC)c(-c5c(C)ccc6[nH]ncc56)c(C5CC5)cc34)CC2)C1. The highest BCUT2D eigenvalue weighted by molar-refractivity contribution is 6.06. The van der Waals surface area contributed by atoms with Gasteiger partial charge in [-0.3, -0.25) is 14.8 Å². The first-order valence-corrected chi connectivity index (χ1v) is 18.9. The topological polar surface area (TPSA) is 99.7 Å². The molecule has 0 unspecified atom stereocenters. The van der Waals surface area contributed by atoms with E-state index in [0.29, 0.717) is 30.0 Å². The number of rotatable bonds is 9. The molecule has 10 nitrogen and oxygen atoms in total. The summed E-state index contributed by atoms with van der Waals surface area (Å²) in [6.07, 6.45) is 12.7. The van der Waals surface area contributed by atoms with Crippen LogP contribution >= 0.6 is 0 Å². The molecule has 10 heteroatoms. The van der Waals surface area contributed by atoms with Gasteiger partial charge in [0.1, 0.15) is 17.4 Å². The van der Waals surface area contributed by atoms with Crippen LogP contribution < -0.4 is 14.4 Å². The predicted molar refractivity (Wildman–Crippen MR) is 194 cm³/mol. The fourth-order valence-corrected chi connectivity index (χ4v) is 9.44. The van der Waals surface area contributed by atoms with E-state index >= 15 is 0 Å². The van der Waals surface area contributed by atoms with Crippen LogP contribution in [-0.4, -0.2) is 93.9 Å². The van der Waals surface area contributed by atoms with Gasteiger partial charge < -0.3 is 19.3 Å². The first kappa shape index (κ1) is 30.6. The third-order valence-corrected chi connectivity index (χ3v) is 12.9. The van der Waals surface area contributed by atoms with Crippen LogP contribution in [0.4, 0.5) is 5.82 Å². The lowest BCUT2D eigenvalue weighted by atomic mass is 9.72. The number of hydrogen-bond acceptors (Lipinski definition) is 8. The van der Waals surface area contributed by atoms with Gasteiger partial charge in [0.2, 0.25) is 5.91 Å². The van der Waals surface area contributed by atoms with Crippen molar-refractivity contribution in [3.8, 4) is 22.9 Å². The second-order valence-corrected chi connectivity index (χ2v) is 16.3. The highest BCUT2D eigenvalue weighted by atomic mass is 16.5. The van der Waals surface area contributed by atoms with E-state index < -0.39 is 0 Å². The van der Waals surface area contributed by atoms with Crippen LogP contribution in [-0.2, 0) is 4.79 Å². The van der Waals surface area contributed by atoms with Gasteiger partial charge in [-0.15, -0.1) is 0 Å². The van der Waals surface area contributed by atoms with Gasteiger partial charge in [-0.25, -0.2) is 0 Å². The van der Waals surface area contributed by atoms with Gasteiger partial charge in [-0.1, -0.05) is 12.6 Å². The first-order chi connectivity index (χ1) is 24.3. The van der Waals surface area contributed by atoms with Crippen LogP contribution in [0.25, 0.3) is 32.9 Å². The molecule has 10 rings (SSSR count). The number of benzene rings is 2. The molecule has 4 aromatic rings. The number of nitrogens with one attached hydrogen (secondary N) is 1. The van der Waals surface area contributed by atoms with Crippen molar-refractivity contribution in [1.29, 1.82) is 0 Å². The van der Waals surface area contributed by atoms with Crippen LogP contribution in [0, 0.1) is 17.8 Å². The van der Waals surface area contributed by atoms with E-state index in [4.69, 9.17) is 19.4 Å². The van der Waals surface area contributed by atoms with E-state index in [1.807, 2.05) is 11.1 Å². The summed E-state index contributed by atoms with van der Waals surface area (Å²) in [4.78, 5) is 29.7. The number of aromatic nitrogens is 4. The van der Waals surface area contributed by atoms with E-state index in [9.17, 15) is 4.79 Å². The fourth-order valence-electron chi connectivity index (χ4n) is 9.44. The molecular formula is C40H47N7O3. The van der Waals surface area contributed by atoms with Crippen molar-refractivity contribution in [3.05, 3.63) is 48.2 Å². The number of nitrogens with zero attached hydrogens (tertiary/aromatic N) is 6. The molecule has 2 spiro atoms. The number of carbonyl (C=O) groups excluding carboxylic acids is 1. The number of fused-ring (bicyclic) bond motifs is 2. The van der Waals surface area contributed by atoms with E-state index in [1.54, 1.807) is 0 Å². The van der Waals surface area contributed by atoms with E-state index in [2.05, 4.69) is 58.6 Å². The zero-order valence-corrected chi connectivity index (χ0v) is 29.3. The number of aryl methyl sites for hydroxylation is 1. The molecule has 1 N–H and O–H groups in total. The Balaban J connectivity index is 1.05. The molecule has 0 bridgehead atoms. The molecule has 6 fully saturated rings. The lowest BCUT2D eigenvalue weighted by molar-refractivity contribution is -0.139. The van der Waals surface area contributed by atoms with Crippen LogP contribution in [0.2, 0.25) is 0 Å². The third-order valence-electron chi connectivity index (χ3n) is 12.9. The molecular weight excluding hydrogens is 626 g/mol. The van der Waals surface area contributed by atoms with Crippen LogP contribution in [0.15, 0.2) is 37.1 Å². The minimum atomic E-state index is 0.0363. The second-order valence-electron chi connectivity index (χ2n) is 16.3. The minimum absolute atomic E-state index is 0.0363. The van der Waals surface area contributed by atoms with Gasteiger partial charge in [-0.05, 0) is 98.6 Å². The average Bonchev–Trinajstić information content (AvgIpc) is 4.01. The molecule has 50 heavy (non-hydrogen) atoms. The molecule has 1 amide bonds. The lowest BCUT2D eigenvalue weighted by Gasteiger charge is -2.54. The summed E-state index contributed by atoms with van der Waals surface area (Å²) in [5.41, 5.74) is 7.49. The zero-order valence-electron chi connectivity index (χ0n) is 29.3. The molecule has 3 saturated heterocycles. The van der Waals surface area contributed by atoms with Gasteiger partial charge in [0.25, 0.3) is 0 Å². The molecule has 3 aliphatic carbocycles. The van der Waals surface area contributed by atoms with Crippen molar-refractivity contribution in [2.24, 2.45) is 10.8 Å². The fraction of sp³-hybridized carbons (Fsp3) is 0.550. The Labute approximate surface area is 293 Å². The standard InChI is InChI=1S/C40H47N7O3/c1-4-32(48)47-22-40(23-47)12-14-45(15-13-40)37-29-18-28(25-7-8-25)34(33-24(3)6-9-31-30(33)19-41-44-31)36(49-5-2)35(29)42-38(43-37)50-27-16-26(17-27)46-20-39(21-46)10-11-39/h4,6,9,18-19,25-27H,1,5,7-8,10-17,20-23H2,2-3H3,(H,41,44). The number of piperidine rings is 1. The highest BCUT2D eigenvalue weighted by Crippen LogP contribution is 2.56. The predicted octanol–water partition coefficient (Wildman–Crippen LogP) is 6.38. The van der Waals surface area contributed by atoms with Gasteiger partial charge >= 0.3 is 6.01 Å². The summed E-state index contributed by atoms with van der Waals surface area (Å²) >= 11 is 0. The molecule has 260 valence electrons. The smallest absolute Gasteiger partial charge is 0.319 e. The average molecular weight is 674 g/mol. The lowest BCUT2D eigenvalue weighted by Crippen LogP contribution is -2.61. The Morgan fingerprint density at radius 3 is 2.48 bits per heavy atom. The maximum Gasteiger partial charge on any atom is 0.319 e. The Hall–Kier alpha value is -4.18. The third kappa shape index (κ3) is 4.92. The number of amides is 1. The summed E-state index contributed by atoms with van der Waals surface area (Å²) in [6, 6.07) is 7.73. The number of likely N-dealkylation sites (tertiary alicyclic amines) is 2. The molecule has 2 aromatic heterocycles. The van der Waals surface area contributed by atoms with Gasteiger partial charge in [0.05, 0.1) is 18.3 Å². The van der Waals surface area contributed by atoms with Crippen LogP contribution in [0.3, 0.4) is 0 Å². The number of H-pyrrole nitrogens is 1. The molecule has 6 aliphatic rings. The highest BCUT2D eigenvalue weighted by Gasteiger charge is 2.55. The second kappa shape index (κ2) is 11.2. The number of hydrogen-bond donors (Lipinski definition) is 1. The Morgan fingerprint density at radius 1 is 1.02 bits per heavy atom. The largest absolute Gasteiger partial charge is 0.491 e. The Bertz CT molecular complexity index is 2020. The van der Waals surface area contributed by atoms with Crippen molar-refractivity contribution in [3.63, 3.8) is 0 Å². The van der Waals surface area contributed by atoms with Crippen molar-refractivity contribution in [2.75, 3.05) is 50.8 Å². The number of ether oxygens (including phenoxy) is 2. The molecule has 0 radical (unpaired) electrons. The molecule has 0 atom stereocenters. The summed E-state index contributed by atoms with van der Waals surface area (Å²) in [5.74, 6) is 2.27. The first-order valence-electron chi connectivity index (χ1n) is 18.9. The van der Waals surface area contributed by atoms with Crippen molar-refractivity contribution < 1.29 is 14.3 Å². The number of aromatic amines is 1. The zero-order chi connectivity index (χ0) is 33.8. The Morgan fingerprint density at radius 2 is 1.78 bits per heavy atom. The van der Waals surface area contributed by atoms with Crippen molar-refractivity contribution >= 4 is 33.5 Å². The van der Waals surface area contributed by atoms with Gasteiger partial charge in [0.15, 0.2) is 5.75 Å². The minimum Gasteiger partial charge on any atom is -0.491 e. The molecule has 3 aliphatic heterocycles. The monoisotopic (exact) mass is 673 g/mol. The van der Waals surface area contributed by atoms with Crippen LogP contribution in [0.5, 0.6) is 11.8 Å². The molecule has 3 saturated carbocycles. The normalized spacial score (nSPS) is 25.0. The molecule has 5 heterocycles. The van der Waals surface area contributed by atoms with Gasteiger partial charge in [0, 0.05) is 79.9 Å². The Kier molecular flexibility index (Phi) is 6.84. The van der Waals surface area contributed by atoms with E-state index in [0.717, 1.165) is 104 Å². The van der Waals surface area contributed by atoms with E-state index in [1.165, 1.54) is 48.7 Å². The quantitative estimate of drug-likeness (QED) is 0.205. The van der Waals surface area contributed by atoms with Crippen molar-refractivity contribution in [2.45, 2.75) is 83.3 Å². The summed E-state index contributed by atoms with van der Waals surface area (Å²) in [6.45, 7) is 14.4. The van der Waals surface area contributed by atoms with Gasteiger partial charge in [-0.2, -0.15) is 15.1 Å². The maximum atomic E-state index is 12.2. The maximum absolute atomic E-state index is 12.2. The number of carbonyl (C=O) groups is 1. The molecule has 2 aromatic carbocycles. The van der Waals surface area contributed by atoms with E-state index in [-0.39, 0.29) is 17.4 Å². The number of anilines is 1. The summed E-state index contributed by atoms with van der Waals surface area (Å²) in [7, 11) is 0. The summed E-state index contributed by atoms with van der Waals surface area (Å²) in [5, 5.41) is 9.76. The van der Waals surface area contributed by atoms with Crippen molar-refractivity contribution in [1.82, 2.24) is 30.0 Å². The van der Waals surface area contributed by atoms with Crippen LogP contribution in [0.1, 0.15) is 75.3 Å². The summed E-state index contributed by atoms with van der Waals surface area (Å²) < 4.78 is 13.4.